The van der Waals surface area contributed by atoms with E-state index in [0.29, 0.717) is 13.1 Å². The van der Waals surface area contributed by atoms with Gasteiger partial charge in [-0.15, -0.1) is 0 Å². The summed E-state index contributed by atoms with van der Waals surface area (Å²) < 4.78 is 0. The Hall–Kier alpha value is -2.54. The van der Waals surface area contributed by atoms with Gasteiger partial charge in [-0.1, -0.05) is 23.7 Å². The van der Waals surface area contributed by atoms with Crippen molar-refractivity contribution in [2.45, 2.75) is 18.9 Å². The maximum absolute atomic E-state index is 12.0. The van der Waals surface area contributed by atoms with Crippen molar-refractivity contribution in [2.24, 2.45) is 0 Å². The lowest BCUT2D eigenvalue weighted by Gasteiger charge is -2.35. The van der Waals surface area contributed by atoms with Gasteiger partial charge in [-0.2, -0.15) is 0 Å². The van der Waals surface area contributed by atoms with E-state index in [0.717, 1.165) is 54.8 Å². The summed E-state index contributed by atoms with van der Waals surface area (Å²) in [6.45, 7) is 3.72. The highest BCUT2D eigenvalue weighted by Gasteiger charge is 2.24. The van der Waals surface area contributed by atoms with Gasteiger partial charge in [0.05, 0.1) is 17.3 Å². The molecule has 0 spiro atoms. The predicted molar refractivity (Wildman–Crippen MR) is 112 cm³/mol. The molecule has 3 heterocycles. The van der Waals surface area contributed by atoms with Crippen LogP contribution in [0, 0.1) is 0 Å². The summed E-state index contributed by atoms with van der Waals surface area (Å²) in [4.78, 5) is 26.8. The largest absolute Gasteiger partial charge is 0.368 e. The third kappa shape index (κ3) is 4.14. The summed E-state index contributed by atoms with van der Waals surface area (Å²) >= 11 is 6.38. The summed E-state index contributed by atoms with van der Waals surface area (Å²) in [5.74, 6) is 1.70. The molecule has 2 saturated heterocycles. The molecule has 0 radical (unpaired) electrons. The number of rotatable bonds is 4. The van der Waals surface area contributed by atoms with Crippen LogP contribution in [0.2, 0.25) is 5.02 Å². The fraction of sp³-hybridized carbons (Fsp3) is 0.450. The number of piperazine rings is 1. The normalized spacial score (nSPS) is 20.4. The van der Waals surface area contributed by atoms with Crippen molar-refractivity contribution >= 4 is 34.8 Å². The summed E-state index contributed by atoms with van der Waals surface area (Å²) in [5.41, 5.74) is 1.08. The van der Waals surface area contributed by atoms with Crippen LogP contribution in [-0.4, -0.2) is 66.6 Å². The summed E-state index contributed by atoms with van der Waals surface area (Å²) in [7, 11) is 1.83. The first-order valence-corrected chi connectivity index (χ1v) is 10.0. The van der Waals surface area contributed by atoms with Gasteiger partial charge in [-0.25, -0.2) is 9.97 Å². The SMILES string of the molecule is CN1CCN(c2cc(NC3CCCN(c4ccccc4Cl)C3)ncn2)CC1=O. The minimum Gasteiger partial charge on any atom is -0.368 e. The minimum absolute atomic E-state index is 0.113. The van der Waals surface area contributed by atoms with Crippen molar-refractivity contribution in [3.8, 4) is 0 Å². The molecule has 1 aromatic heterocycles. The molecule has 1 N–H and O–H groups in total. The van der Waals surface area contributed by atoms with E-state index in [1.54, 1.807) is 11.2 Å². The molecular formula is C20H25ClN6O. The second kappa shape index (κ2) is 8.22. The lowest BCUT2D eigenvalue weighted by molar-refractivity contribution is -0.129. The average molecular weight is 401 g/mol. The molecule has 0 saturated carbocycles. The monoisotopic (exact) mass is 400 g/mol. The van der Waals surface area contributed by atoms with Crippen molar-refractivity contribution in [3.63, 3.8) is 0 Å². The number of amides is 1. The van der Waals surface area contributed by atoms with Gasteiger partial charge >= 0.3 is 0 Å². The van der Waals surface area contributed by atoms with Crippen molar-refractivity contribution in [1.82, 2.24) is 14.9 Å². The number of nitrogens with one attached hydrogen (secondary N) is 1. The molecule has 4 rings (SSSR count). The number of benzene rings is 1. The Morgan fingerprint density at radius 1 is 1.14 bits per heavy atom. The molecular weight excluding hydrogens is 376 g/mol. The zero-order chi connectivity index (χ0) is 19.5. The van der Waals surface area contributed by atoms with Gasteiger partial charge in [0.2, 0.25) is 5.91 Å². The number of aromatic nitrogens is 2. The zero-order valence-electron chi connectivity index (χ0n) is 16.0. The third-order valence-corrected chi connectivity index (χ3v) is 5.72. The van der Waals surface area contributed by atoms with Crippen LogP contribution in [0.4, 0.5) is 17.3 Å². The van der Waals surface area contributed by atoms with E-state index in [1.807, 2.05) is 36.2 Å². The molecule has 1 atom stereocenters. The molecule has 2 aliphatic heterocycles. The van der Waals surface area contributed by atoms with Crippen LogP contribution >= 0.6 is 11.6 Å². The van der Waals surface area contributed by atoms with Crippen molar-refractivity contribution in [2.75, 3.05) is 54.9 Å². The standard InChI is InChI=1S/C20H25ClN6O/c1-25-9-10-27(13-20(25)28)19-11-18(22-14-23-19)24-15-5-4-8-26(12-15)17-7-3-2-6-16(17)21/h2-3,6-7,11,14-15H,4-5,8-10,12-13H2,1H3,(H,22,23,24). The smallest absolute Gasteiger partial charge is 0.241 e. The molecule has 0 aliphatic carbocycles. The van der Waals surface area contributed by atoms with Gasteiger partial charge in [0.25, 0.3) is 0 Å². The number of likely N-dealkylation sites (N-methyl/N-ethyl adjacent to an activating group) is 1. The molecule has 7 nitrogen and oxygen atoms in total. The number of carbonyl (C=O) groups is 1. The maximum Gasteiger partial charge on any atom is 0.241 e. The van der Waals surface area contributed by atoms with E-state index in [4.69, 9.17) is 11.6 Å². The Bertz CT molecular complexity index is 847. The number of nitrogens with zero attached hydrogens (tertiary/aromatic N) is 5. The fourth-order valence-electron chi connectivity index (χ4n) is 3.78. The van der Waals surface area contributed by atoms with E-state index in [2.05, 4.69) is 26.3 Å². The number of carbonyl (C=O) groups excluding carboxylic acids is 1. The first kappa shape index (κ1) is 18.8. The number of halogens is 1. The number of hydrogen-bond donors (Lipinski definition) is 1. The molecule has 2 fully saturated rings. The van der Waals surface area contributed by atoms with E-state index < -0.39 is 0 Å². The van der Waals surface area contributed by atoms with E-state index in [-0.39, 0.29) is 11.9 Å². The van der Waals surface area contributed by atoms with E-state index >= 15 is 0 Å². The second-order valence-electron chi connectivity index (χ2n) is 7.38. The van der Waals surface area contributed by atoms with Gasteiger partial charge in [0.15, 0.2) is 0 Å². The number of hydrogen-bond acceptors (Lipinski definition) is 6. The molecule has 148 valence electrons. The van der Waals surface area contributed by atoms with Gasteiger partial charge in [-0.3, -0.25) is 4.79 Å². The molecule has 1 unspecified atom stereocenters. The lowest BCUT2D eigenvalue weighted by atomic mass is 10.0. The fourth-order valence-corrected chi connectivity index (χ4v) is 4.04. The zero-order valence-corrected chi connectivity index (χ0v) is 16.8. The second-order valence-corrected chi connectivity index (χ2v) is 7.79. The lowest BCUT2D eigenvalue weighted by Crippen LogP contribution is -2.48. The Balaban J connectivity index is 1.43. The van der Waals surface area contributed by atoms with Gasteiger partial charge < -0.3 is 20.0 Å². The van der Waals surface area contributed by atoms with Crippen molar-refractivity contribution < 1.29 is 4.79 Å². The molecule has 2 aliphatic rings. The highest BCUT2D eigenvalue weighted by Crippen LogP contribution is 2.28. The highest BCUT2D eigenvalue weighted by atomic mass is 35.5. The Morgan fingerprint density at radius 3 is 2.82 bits per heavy atom. The van der Waals surface area contributed by atoms with Crippen LogP contribution in [0.25, 0.3) is 0 Å². The van der Waals surface area contributed by atoms with Crippen LogP contribution in [0.15, 0.2) is 36.7 Å². The first-order chi connectivity index (χ1) is 13.6. The molecule has 1 aromatic carbocycles. The topological polar surface area (TPSA) is 64.6 Å². The van der Waals surface area contributed by atoms with Gasteiger partial charge in [0.1, 0.15) is 18.0 Å². The van der Waals surface area contributed by atoms with E-state index in [1.165, 1.54) is 0 Å². The molecule has 8 heteroatoms. The average Bonchev–Trinajstić information content (AvgIpc) is 2.71. The third-order valence-electron chi connectivity index (χ3n) is 5.40. The number of piperidine rings is 1. The molecule has 28 heavy (non-hydrogen) atoms. The minimum atomic E-state index is 0.113. The van der Waals surface area contributed by atoms with Crippen LogP contribution in [0.5, 0.6) is 0 Å². The van der Waals surface area contributed by atoms with Gasteiger partial charge in [-0.05, 0) is 25.0 Å². The van der Waals surface area contributed by atoms with Gasteiger partial charge in [0, 0.05) is 45.3 Å². The van der Waals surface area contributed by atoms with Crippen molar-refractivity contribution in [3.05, 3.63) is 41.7 Å². The Morgan fingerprint density at radius 2 is 2.00 bits per heavy atom. The summed E-state index contributed by atoms with van der Waals surface area (Å²) in [5, 5.41) is 4.33. The van der Waals surface area contributed by atoms with Crippen LogP contribution in [0.1, 0.15) is 12.8 Å². The van der Waals surface area contributed by atoms with Crippen LogP contribution < -0.4 is 15.1 Å². The summed E-state index contributed by atoms with van der Waals surface area (Å²) in [6.07, 6.45) is 3.73. The molecule has 2 aromatic rings. The number of para-hydroxylation sites is 1. The van der Waals surface area contributed by atoms with E-state index in [9.17, 15) is 4.79 Å². The quantitative estimate of drug-likeness (QED) is 0.850. The Labute approximate surface area is 170 Å². The molecule has 0 bridgehead atoms. The highest BCUT2D eigenvalue weighted by molar-refractivity contribution is 6.33. The van der Waals surface area contributed by atoms with Crippen LogP contribution in [0.3, 0.4) is 0 Å². The van der Waals surface area contributed by atoms with Crippen molar-refractivity contribution in [1.29, 1.82) is 0 Å². The Kier molecular flexibility index (Phi) is 5.52. The molecule has 1 amide bonds. The van der Waals surface area contributed by atoms with Crippen LogP contribution in [-0.2, 0) is 4.79 Å². The first-order valence-electron chi connectivity index (χ1n) is 9.67. The summed E-state index contributed by atoms with van der Waals surface area (Å²) in [6, 6.07) is 10.2. The number of anilines is 3. The predicted octanol–water partition coefficient (Wildman–Crippen LogP) is 2.49. The maximum atomic E-state index is 12.0.